The second kappa shape index (κ2) is 10.7. The van der Waals surface area contributed by atoms with Crippen molar-refractivity contribution in [2.45, 2.75) is 0 Å². The van der Waals surface area contributed by atoms with Gasteiger partial charge in [0.1, 0.15) is 11.2 Å². The zero-order valence-corrected chi connectivity index (χ0v) is 26.5. The molecule has 0 saturated carbocycles. The van der Waals surface area contributed by atoms with Crippen LogP contribution in [0.2, 0.25) is 0 Å². The number of aromatic nitrogens is 2. The van der Waals surface area contributed by atoms with Crippen molar-refractivity contribution in [2.75, 3.05) is 0 Å². The van der Waals surface area contributed by atoms with Crippen molar-refractivity contribution in [3.05, 3.63) is 158 Å². The van der Waals surface area contributed by atoms with E-state index in [9.17, 15) is 0 Å². The van der Waals surface area contributed by atoms with Crippen LogP contribution in [0.3, 0.4) is 0 Å². The first-order valence-electron chi connectivity index (χ1n) is 16.1. The van der Waals surface area contributed by atoms with E-state index in [4.69, 9.17) is 14.4 Å². The second-order valence-corrected chi connectivity index (χ2v) is 13.2. The Morgan fingerprint density at radius 2 is 1.17 bits per heavy atom. The number of hydrogen-bond donors (Lipinski definition) is 0. The van der Waals surface area contributed by atoms with Crippen LogP contribution in [0.15, 0.2) is 162 Å². The lowest BCUT2D eigenvalue weighted by molar-refractivity contribution is 0.669. The average Bonchev–Trinajstić information content (AvgIpc) is 3.73. The fourth-order valence-corrected chi connectivity index (χ4v) is 8.07. The zero-order valence-electron chi connectivity index (χ0n) is 25.7. The SMILES string of the molecule is c1ccc(-c2ccc(-c3ccc4c(c3)oc3cccc(-c5nc(-c6ccc7ccccc7c6)c6sc7ccccc7c6n5)c34)cc2)cc1. The van der Waals surface area contributed by atoms with Crippen LogP contribution in [-0.2, 0) is 0 Å². The average molecular weight is 631 g/mol. The molecule has 0 radical (unpaired) electrons. The summed E-state index contributed by atoms with van der Waals surface area (Å²) in [5.41, 5.74) is 10.3. The number of benzene rings is 7. The fraction of sp³-hybridized carbons (Fsp3) is 0. The van der Waals surface area contributed by atoms with Gasteiger partial charge in [-0.2, -0.15) is 0 Å². The van der Waals surface area contributed by atoms with E-state index in [0.717, 1.165) is 65.5 Å². The zero-order chi connectivity index (χ0) is 31.6. The summed E-state index contributed by atoms with van der Waals surface area (Å²) in [7, 11) is 0. The molecule has 0 bridgehead atoms. The van der Waals surface area contributed by atoms with Crippen molar-refractivity contribution in [1.82, 2.24) is 9.97 Å². The molecule has 7 aromatic carbocycles. The smallest absolute Gasteiger partial charge is 0.161 e. The standard InChI is InChI=1S/C44H26N2OS/c1-2-9-27(10-3-1)29-17-19-30(20-18-29)32-23-24-34-38(26-32)47-37-15-8-14-36(40(34)37)44-45-41(33-22-21-28-11-4-5-12-31(28)25-33)43-42(46-44)35-13-6-7-16-39(35)48-43/h1-26H. The molecule has 0 aliphatic carbocycles. The lowest BCUT2D eigenvalue weighted by Gasteiger charge is -2.09. The van der Waals surface area contributed by atoms with E-state index in [1.54, 1.807) is 11.3 Å². The fourth-order valence-electron chi connectivity index (χ4n) is 6.92. The highest BCUT2D eigenvalue weighted by atomic mass is 32.1. The number of hydrogen-bond acceptors (Lipinski definition) is 4. The van der Waals surface area contributed by atoms with Gasteiger partial charge in [-0.1, -0.05) is 127 Å². The maximum Gasteiger partial charge on any atom is 0.161 e. The molecule has 3 heterocycles. The Labute approximate surface area is 280 Å². The van der Waals surface area contributed by atoms with E-state index in [0.29, 0.717) is 5.82 Å². The molecule has 224 valence electrons. The van der Waals surface area contributed by atoms with Crippen molar-refractivity contribution < 1.29 is 4.42 Å². The molecule has 3 aromatic heterocycles. The number of rotatable bonds is 4. The van der Waals surface area contributed by atoms with Crippen LogP contribution < -0.4 is 0 Å². The molecule has 0 spiro atoms. The molecule has 0 aliphatic heterocycles. The molecular weight excluding hydrogens is 605 g/mol. The van der Waals surface area contributed by atoms with Gasteiger partial charge in [0, 0.05) is 32.0 Å². The molecule has 0 atom stereocenters. The minimum Gasteiger partial charge on any atom is -0.456 e. The summed E-state index contributed by atoms with van der Waals surface area (Å²) in [4.78, 5) is 10.6. The summed E-state index contributed by atoms with van der Waals surface area (Å²) in [6, 6.07) is 55.5. The Hall–Kier alpha value is -6.10. The van der Waals surface area contributed by atoms with Gasteiger partial charge in [0.15, 0.2) is 5.82 Å². The van der Waals surface area contributed by atoms with Gasteiger partial charge in [0.25, 0.3) is 0 Å². The summed E-state index contributed by atoms with van der Waals surface area (Å²) in [5.74, 6) is 0.697. The van der Waals surface area contributed by atoms with Crippen LogP contribution in [-0.4, -0.2) is 9.97 Å². The normalized spacial score (nSPS) is 11.8. The third kappa shape index (κ3) is 4.34. The van der Waals surface area contributed by atoms with Crippen LogP contribution in [0.1, 0.15) is 0 Å². The van der Waals surface area contributed by atoms with Gasteiger partial charge in [-0.25, -0.2) is 9.97 Å². The van der Waals surface area contributed by atoms with Gasteiger partial charge in [0.05, 0.1) is 15.9 Å². The molecule has 10 rings (SSSR count). The van der Waals surface area contributed by atoms with Crippen molar-refractivity contribution >= 4 is 64.4 Å². The lowest BCUT2D eigenvalue weighted by Crippen LogP contribution is -1.94. The molecule has 0 saturated heterocycles. The van der Waals surface area contributed by atoms with Crippen LogP contribution in [0.4, 0.5) is 0 Å². The van der Waals surface area contributed by atoms with Gasteiger partial charge in [-0.3, -0.25) is 0 Å². The van der Waals surface area contributed by atoms with Crippen molar-refractivity contribution in [2.24, 2.45) is 0 Å². The first-order valence-corrected chi connectivity index (χ1v) is 16.9. The van der Waals surface area contributed by atoms with Gasteiger partial charge >= 0.3 is 0 Å². The molecule has 0 unspecified atom stereocenters. The Kier molecular flexibility index (Phi) is 6.05. The predicted octanol–water partition coefficient (Wildman–Crippen LogP) is 12.6. The topological polar surface area (TPSA) is 38.9 Å². The monoisotopic (exact) mass is 630 g/mol. The third-order valence-electron chi connectivity index (χ3n) is 9.31. The molecule has 4 heteroatoms. The summed E-state index contributed by atoms with van der Waals surface area (Å²) in [6.07, 6.45) is 0. The molecule has 0 N–H and O–H groups in total. The minimum atomic E-state index is 0.697. The first-order chi connectivity index (χ1) is 23.8. The molecule has 0 amide bonds. The predicted molar refractivity (Wildman–Crippen MR) is 201 cm³/mol. The number of thiophene rings is 1. The molecule has 48 heavy (non-hydrogen) atoms. The quantitative estimate of drug-likeness (QED) is 0.194. The molecule has 3 nitrogen and oxygen atoms in total. The lowest BCUT2D eigenvalue weighted by atomic mass is 9.99. The largest absolute Gasteiger partial charge is 0.456 e. The highest BCUT2D eigenvalue weighted by Crippen LogP contribution is 2.42. The Morgan fingerprint density at radius 1 is 0.458 bits per heavy atom. The maximum atomic E-state index is 6.52. The number of furan rings is 1. The molecule has 0 aliphatic rings. The number of fused-ring (bicyclic) bond motifs is 7. The molecular formula is C44H26N2OS. The van der Waals surface area contributed by atoms with E-state index in [1.807, 2.05) is 18.2 Å². The third-order valence-corrected chi connectivity index (χ3v) is 10.5. The van der Waals surface area contributed by atoms with E-state index >= 15 is 0 Å². The van der Waals surface area contributed by atoms with Crippen LogP contribution >= 0.6 is 11.3 Å². The molecule has 10 aromatic rings. The summed E-state index contributed by atoms with van der Waals surface area (Å²) in [6.45, 7) is 0. The number of nitrogens with zero attached hydrogens (tertiary/aromatic N) is 2. The van der Waals surface area contributed by atoms with Crippen molar-refractivity contribution in [1.29, 1.82) is 0 Å². The summed E-state index contributed by atoms with van der Waals surface area (Å²) in [5, 5.41) is 5.63. The van der Waals surface area contributed by atoms with Crippen LogP contribution in [0.5, 0.6) is 0 Å². The Morgan fingerprint density at radius 3 is 2.04 bits per heavy atom. The highest BCUT2D eigenvalue weighted by Gasteiger charge is 2.20. The second-order valence-electron chi connectivity index (χ2n) is 12.2. The highest BCUT2D eigenvalue weighted by molar-refractivity contribution is 7.26. The van der Waals surface area contributed by atoms with E-state index in [1.165, 1.54) is 26.6 Å². The Bertz CT molecular complexity index is 2830. The minimum absolute atomic E-state index is 0.697. The maximum absolute atomic E-state index is 6.52. The van der Waals surface area contributed by atoms with Crippen LogP contribution in [0.25, 0.3) is 97.9 Å². The molecule has 0 fully saturated rings. The van der Waals surface area contributed by atoms with E-state index < -0.39 is 0 Å². The first kappa shape index (κ1) is 27.1. The van der Waals surface area contributed by atoms with E-state index in [-0.39, 0.29) is 0 Å². The van der Waals surface area contributed by atoms with Crippen molar-refractivity contribution in [3.63, 3.8) is 0 Å². The van der Waals surface area contributed by atoms with Gasteiger partial charge in [-0.05, 0) is 63.4 Å². The summed E-state index contributed by atoms with van der Waals surface area (Å²) >= 11 is 1.76. The Balaban J connectivity index is 1.14. The summed E-state index contributed by atoms with van der Waals surface area (Å²) < 4.78 is 8.83. The van der Waals surface area contributed by atoms with Gasteiger partial charge in [0.2, 0.25) is 0 Å². The van der Waals surface area contributed by atoms with Crippen molar-refractivity contribution in [3.8, 4) is 44.9 Å². The van der Waals surface area contributed by atoms with Gasteiger partial charge < -0.3 is 4.42 Å². The van der Waals surface area contributed by atoms with E-state index in [2.05, 4.69) is 140 Å². The van der Waals surface area contributed by atoms with Crippen LogP contribution in [0, 0.1) is 0 Å². The van der Waals surface area contributed by atoms with Gasteiger partial charge in [-0.15, -0.1) is 11.3 Å².